The molecule has 0 aliphatic heterocycles. The van der Waals surface area contributed by atoms with Gasteiger partial charge in [-0.3, -0.25) is 4.79 Å². The average molecular weight is 421 g/mol. The lowest BCUT2D eigenvalue weighted by molar-refractivity contribution is 0.102. The number of nitrogen functional groups attached to an aromatic ring is 1. The second kappa shape index (κ2) is 7.01. The summed E-state index contributed by atoms with van der Waals surface area (Å²) in [5.74, 6) is 0.789. The normalized spacial score (nSPS) is 11.7. The molecule has 130 valence electrons. The molecule has 7 heteroatoms. The highest BCUT2D eigenvalue weighted by atomic mass is 79.9. The molecule has 0 unspecified atom stereocenters. The topological polar surface area (TPSA) is 78.3 Å². The van der Waals surface area contributed by atoms with E-state index in [2.05, 4.69) is 34.8 Å². The van der Waals surface area contributed by atoms with Crippen molar-refractivity contribution in [1.82, 2.24) is 4.98 Å². The van der Waals surface area contributed by atoms with Crippen molar-refractivity contribution in [2.75, 3.05) is 12.8 Å². The molecule has 0 bridgehead atoms. The Balaban J connectivity index is 1.93. The second-order valence-corrected chi connectivity index (χ2v) is 7.45. The van der Waals surface area contributed by atoms with Gasteiger partial charge < -0.3 is 14.9 Å². The van der Waals surface area contributed by atoms with Crippen LogP contribution in [0.3, 0.4) is 0 Å². The number of hydrogen-bond donors (Lipinski definition) is 1. The molecule has 2 N–H and O–H groups in total. The van der Waals surface area contributed by atoms with Gasteiger partial charge in [-0.1, -0.05) is 13.8 Å². The van der Waals surface area contributed by atoms with E-state index < -0.39 is 0 Å². The van der Waals surface area contributed by atoms with E-state index in [4.69, 9.17) is 14.9 Å². The number of rotatable bonds is 5. The Morgan fingerprint density at radius 1 is 1.44 bits per heavy atom. The van der Waals surface area contributed by atoms with E-state index in [1.165, 1.54) is 6.08 Å². The molecule has 2 aromatic heterocycles. The van der Waals surface area contributed by atoms with Crippen molar-refractivity contribution in [2.24, 2.45) is 0 Å². The summed E-state index contributed by atoms with van der Waals surface area (Å²) in [6.07, 6.45) is 3.10. The van der Waals surface area contributed by atoms with Gasteiger partial charge in [0.15, 0.2) is 5.76 Å². The third kappa shape index (κ3) is 3.34. The fourth-order valence-corrected chi connectivity index (χ4v) is 3.88. The van der Waals surface area contributed by atoms with E-state index in [0.29, 0.717) is 27.1 Å². The summed E-state index contributed by atoms with van der Waals surface area (Å²) in [6, 6.07) is 3.48. The van der Waals surface area contributed by atoms with Gasteiger partial charge in [-0.15, -0.1) is 11.3 Å². The first-order valence-corrected chi connectivity index (χ1v) is 9.32. The van der Waals surface area contributed by atoms with Crippen LogP contribution in [-0.4, -0.2) is 17.9 Å². The first kappa shape index (κ1) is 17.7. The van der Waals surface area contributed by atoms with Crippen LogP contribution >= 0.6 is 27.3 Å². The van der Waals surface area contributed by atoms with Gasteiger partial charge >= 0.3 is 0 Å². The number of methoxy groups -OCH3 is 1. The molecule has 2 heterocycles. The van der Waals surface area contributed by atoms with E-state index in [0.717, 1.165) is 10.7 Å². The lowest BCUT2D eigenvalue weighted by atomic mass is 10.2. The average Bonchev–Trinajstić information content (AvgIpc) is 3.18. The Labute approximate surface area is 157 Å². The number of allylic oxidation sites excluding steroid dienone is 1. The van der Waals surface area contributed by atoms with E-state index in [1.807, 2.05) is 5.38 Å². The van der Waals surface area contributed by atoms with Crippen LogP contribution in [0.2, 0.25) is 0 Å². The minimum atomic E-state index is -0.307. The summed E-state index contributed by atoms with van der Waals surface area (Å²) in [6.45, 7) is 4.16. The largest absolute Gasteiger partial charge is 0.496 e. The van der Waals surface area contributed by atoms with Gasteiger partial charge in [0.2, 0.25) is 5.78 Å². The van der Waals surface area contributed by atoms with Crippen LogP contribution in [0.25, 0.3) is 17.0 Å². The van der Waals surface area contributed by atoms with Crippen LogP contribution in [0.5, 0.6) is 5.75 Å². The summed E-state index contributed by atoms with van der Waals surface area (Å²) in [4.78, 5) is 17.0. The quantitative estimate of drug-likeness (QED) is 0.449. The number of aromatic nitrogens is 1. The number of nitrogens with two attached hydrogens (primary N) is 1. The number of carbonyl (C=O) groups is 1. The molecule has 0 aliphatic rings. The van der Waals surface area contributed by atoms with Gasteiger partial charge in [0.05, 0.1) is 33.4 Å². The van der Waals surface area contributed by atoms with Crippen molar-refractivity contribution in [3.05, 3.63) is 44.5 Å². The van der Waals surface area contributed by atoms with Crippen LogP contribution < -0.4 is 10.5 Å². The van der Waals surface area contributed by atoms with Crippen molar-refractivity contribution >= 4 is 55.8 Å². The maximum absolute atomic E-state index is 12.5. The van der Waals surface area contributed by atoms with Gasteiger partial charge in [-0.25, -0.2) is 4.98 Å². The monoisotopic (exact) mass is 420 g/mol. The fraction of sp³-hybridized carbons (Fsp3) is 0.222. The summed E-state index contributed by atoms with van der Waals surface area (Å²) < 4.78 is 11.6. The first-order valence-electron chi connectivity index (χ1n) is 7.64. The van der Waals surface area contributed by atoms with E-state index in [-0.39, 0.29) is 17.2 Å². The zero-order valence-electron chi connectivity index (χ0n) is 14.0. The summed E-state index contributed by atoms with van der Waals surface area (Å²) in [5, 5.41) is 3.58. The molecule has 25 heavy (non-hydrogen) atoms. The molecule has 1 aromatic carbocycles. The number of ether oxygens (including phenoxy) is 1. The molecule has 0 fully saturated rings. The van der Waals surface area contributed by atoms with Crippen molar-refractivity contribution in [3.8, 4) is 5.75 Å². The minimum absolute atomic E-state index is 0.111. The maximum atomic E-state index is 12.5. The number of ketones is 1. The molecule has 0 saturated heterocycles. The zero-order chi connectivity index (χ0) is 18.1. The highest BCUT2D eigenvalue weighted by molar-refractivity contribution is 9.10. The number of furan rings is 1. The lowest BCUT2D eigenvalue weighted by Gasteiger charge is -2.03. The smallest absolute Gasteiger partial charge is 0.223 e. The number of nitrogens with zero attached hydrogens (tertiary/aromatic N) is 1. The predicted octanol–water partition coefficient (Wildman–Crippen LogP) is 5.26. The summed E-state index contributed by atoms with van der Waals surface area (Å²) in [7, 11) is 1.57. The van der Waals surface area contributed by atoms with Gasteiger partial charge in [0.25, 0.3) is 0 Å². The van der Waals surface area contributed by atoms with Crippen molar-refractivity contribution in [3.63, 3.8) is 0 Å². The Morgan fingerprint density at radius 3 is 2.84 bits per heavy atom. The van der Waals surface area contributed by atoms with Crippen LogP contribution in [0.15, 0.2) is 32.5 Å². The first-order chi connectivity index (χ1) is 11.9. The number of benzene rings is 1. The number of fused-ring (bicyclic) bond motifs is 1. The highest BCUT2D eigenvalue weighted by Gasteiger charge is 2.20. The number of hydrogen-bond acceptors (Lipinski definition) is 6. The Kier molecular flexibility index (Phi) is 4.96. The summed E-state index contributed by atoms with van der Waals surface area (Å²) >= 11 is 5.02. The number of halogens is 1. The third-order valence-electron chi connectivity index (χ3n) is 3.68. The van der Waals surface area contributed by atoms with Crippen molar-refractivity contribution in [2.45, 2.75) is 19.8 Å². The zero-order valence-corrected chi connectivity index (χ0v) is 16.4. The van der Waals surface area contributed by atoms with Crippen LogP contribution in [0.4, 0.5) is 5.69 Å². The van der Waals surface area contributed by atoms with Gasteiger partial charge in [0.1, 0.15) is 11.3 Å². The molecular weight excluding hydrogens is 404 g/mol. The second-order valence-electron chi connectivity index (χ2n) is 5.76. The number of thiazole rings is 1. The Hall–Kier alpha value is -2.12. The van der Waals surface area contributed by atoms with E-state index >= 15 is 0 Å². The fourth-order valence-electron chi connectivity index (χ4n) is 2.37. The molecule has 3 rings (SSSR count). The highest BCUT2D eigenvalue weighted by Crippen LogP contribution is 2.39. The van der Waals surface area contributed by atoms with Crippen molar-refractivity contribution in [1.29, 1.82) is 0 Å². The molecular formula is C18H17BrN2O3S. The Morgan fingerprint density at radius 2 is 2.20 bits per heavy atom. The predicted molar refractivity (Wildman–Crippen MR) is 104 cm³/mol. The molecule has 0 amide bonds. The molecule has 0 radical (unpaired) electrons. The summed E-state index contributed by atoms with van der Waals surface area (Å²) in [5.41, 5.74) is 7.69. The Bertz CT molecular complexity index is 972. The SMILES string of the molecule is COc1ccc2oc(C(=O)/C=C/c3csc(C(C)C)n3)c(N)c2c1Br. The van der Waals surface area contributed by atoms with Crippen LogP contribution in [-0.2, 0) is 0 Å². The van der Waals surface area contributed by atoms with Crippen LogP contribution in [0.1, 0.15) is 41.0 Å². The molecule has 5 nitrogen and oxygen atoms in total. The molecule has 0 aliphatic carbocycles. The minimum Gasteiger partial charge on any atom is -0.496 e. The third-order valence-corrected chi connectivity index (χ3v) is 5.63. The molecule has 0 saturated carbocycles. The lowest BCUT2D eigenvalue weighted by Crippen LogP contribution is -1.97. The molecule has 3 aromatic rings. The molecule has 0 spiro atoms. The number of carbonyl (C=O) groups excluding carboxylic acids is 1. The van der Waals surface area contributed by atoms with Gasteiger partial charge in [-0.05, 0) is 40.2 Å². The standard InChI is InChI=1S/C18H17BrN2O3S/c1-9(2)18-21-10(8-25-18)4-5-11(22)17-16(20)14-12(24-17)6-7-13(23-3)15(14)19/h4-9H,20H2,1-3H3/b5-4+. The van der Waals surface area contributed by atoms with E-state index in [1.54, 1.807) is 36.7 Å². The number of anilines is 1. The maximum Gasteiger partial charge on any atom is 0.223 e. The van der Waals surface area contributed by atoms with Crippen LogP contribution in [0, 0.1) is 0 Å². The van der Waals surface area contributed by atoms with Gasteiger partial charge in [0, 0.05) is 11.3 Å². The van der Waals surface area contributed by atoms with Gasteiger partial charge in [-0.2, -0.15) is 0 Å². The van der Waals surface area contributed by atoms with Crippen molar-refractivity contribution < 1.29 is 13.9 Å². The van der Waals surface area contributed by atoms with E-state index in [9.17, 15) is 4.79 Å². The molecule has 0 atom stereocenters.